The number of aliphatic carboxylic acids is 1. The van der Waals surface area contributed by atoms with Gasteiger partial charge in [-0.1, -0.05) is 31.7 Å². The third-order valence-electron chi connectivity index (χ3n) is 4.84. The van der Waals surface area contributed by atoms with Gasteiger partial charge in [-0.25, -0.2) is 0 Å². The predicted molar refractivity (Wildman–Crippen MR) is 108 cm³/mol. The van der Waals surface area contributed by atoms with Crippen molar-refractivity contribution in [2.75, 3.05) is 13.7 Å². The Hall–Kier alpha value is -2.08. The van der Waals surface area contributed by atoms with Gasteiger partial charge in [0.15, 0.2) is 0 Å². The van der Waals surface area contributed by atoms with Crippen molar-refractivity contribution in [2.45, 2.75) is 70.8 Å². The number of aliphatic hydroxyl groups is 1. The first-order chi connectivity index (χ1) is 13.4. The Labute approximate surface area is 167 Å². The summed E-state index contributed by atoms with van der Waals surface area (Å²) in [6.45, 7) is 1.83. The summed E-state index contributed by atoms with van der Waals surface area (Å²) >= 11 is 0. The molecular weight excluding hydrogens is 360 g/mol. The molecule has 0 radical (unpaired) electrons. The maximum absolute atomic E-state index is 11.8. The number of ketones is 1. The second-order valence-electron chi connectivity index (χ2n) is 7.23. The Morgan fingerprint density at radius 1 is 1.00 bits per heavy atom. The van der Waals surface area contributed by atoms with Crippen molar-refractivity contribution in [3.8, 4) is 11.5 Å². The first-order valence-corrected chi connectivity index (χ1v) is 10.1. The fourth-order valence-corrected chi connectivity index (χ4v) is 3.14. The Bertz CT molecular complexity index is 586. The largest absolute Gasteiger partial charge is 0.497 e. The normalized spacial score (nSPS) is 13.0. The molecule has 6 heteroatoms. The Morgan fingerprint density at radius 3 is 2.36 bits per heavy atom. The smallest absolute Gasteiger partial charge is 0.303 e. The molecule has 6 nitrogen and oxygen atoms in total. The van der Waals surface area contributed by atoms with Crippen LogP contribution in [-0.4, -0.2) is 41.8 Å². The summed E-state index contributed by atoms with van der Waals surface area (Å²) in [5, 5.41) is 18.7. The number of carbonyl (C=O) groups is 2. The Kier molecular flexibility index (Phi) is 12.0. The van der Waals surface area contributed by atoms with Gasteiger partial charge < -0.3 is 19.7 Å². The first-order valence-electron chi connectivity index (χ1n) is 10.1. The minimum absolute atomic E-state index is 0.0194. The van der Waals surface area contributed by atoms with E-state index in [1.165, 1.54) is 0 Å². The lowest BCUT2D eigenvalue weighted by Gasteiger charge is -2.16. The van der Waals surface area contributed by atoms with Crippen molar-refractivity contribution in [3.63, 3.8) is 0 Å². The minimum Gasteiger partial charge on any atom is -0.497 e. The fraction of sp³-hybridized carbons (Fsp3) is 0.636. The number of unbranched alkanes of at least 4 members (excludes halogenated alkanes) is 3. The number of carboxylic acids is 1. The summed E-state index contributed by atoms with van der Waals surface area (Å²) in [7, 11) is 1.59. The van der Waals surface area contributed by atoms with Crippen LogP contribution in [0, 0.1) is 5.92 Å². The molecule has 0 bridgehead atoms. The number of rotatable bonds is 16. The second-order valence-corrected chi connectivity index (χ2v) is 7.23. The van der Waals surface area contributed by atoms with E-state index in [0.29, 0.717) is 24.3 Å². The molecule has 28 heavy (non-hydrogen) atoms. The summed E-state index contributed by atoms with van der Waals surface area (Å²) in [5.41, 5.74) is 0. The van der Waals surface area contributed by atoms with E-state index in [4.69, 9.17) is 14.6 Å². The zero-order valence-electron chi connectivity index (χ0n) is 17.1. The number of ether oxygens (including phenoxy) is 2. The molecule has 1 rings (SSSR count). The second kappa shape index (κ2) is 14.0. The standard InChI is InChI=1S/C22H34O6/c1-17(23)18(9-5-3-4-6-14-22(25)26)10-7-11-19(24)16-28-21-13-8-12-20(15-21)27-2/h8,12-13,15,18-19,24H,3-7,9-11,14,16H2,1-2H3,(H,25,26). The lowest BCUT2D eigenvalue weighted by molar-refractivity contribution is -0.137. The highest BCUT2D eigenvalue weighted by molar-refractivity contribution is 5.78. The lowest BCUT2D eigenvalue weighted by atomic mass is 9.91. The highest BCUT2D eigenvalue weighted by Crippen LogP contribution is 2.21. The number of benzene rings is 1. The number of hydrogen-bond acceptors (Lipinski definition) is 5. The summed E-state index contributed by atoms with van der Waals surface area (Å²) in [4.78, 5) is 22.3. The van der Waals surface area contributed by atoms with E-state index in [9.17, 15) is 14.7 Å². The number of aliphatic hydroxyl groups excluding tert-OH is 1. The Balaban J connectivity index is 2.20. The molecule has 0 aromatic heterocycles. The quantitative estimate of drug-likeness (QED) is 0.408. The van der Waals surface area contributed by atoms with Gasteiger partial charge in [-0.05, 0) is 44.7 Å². The first kappa shape index (κ1) is 24.0. The summed E-state index contributed by atoms with van der Waals surface area (Å²) in [5.74, 6) is 0.816. The van der Waals surface area contributed by atoms with Gasteiger partial charge in [0.2, 0.25) is 0 Å². The lowest BCUT2D eigenvalue weighted by Crippen LogP contribution is -2.18. The maximum Gasteiger partial charge on any atom is 0.303 e. The molecule has 0 amide bonds. The molecule has 0 aliphatic heterocycles. The summed E-state index contributed by atoms with van der Waals surface area (Å²) in [6.07, 6.45) is 6.06. The van der Waals surface area contributed by atoms with Gasteiger partial charge >= 0.3 is 5.97 Å². The molecule has 1 aromatic carbocycles. The van der Waals surface area contributed by atoms with Crippen molar-refractivity contribution < 1.29 is 29.3 Å². The topological polar surface area (TPSA) is 93.1 Å². The van der Waals surface area contributed by atoms with Crippen LogP contribution in [0.4, 0.5) is 0 Å². The van der Waals surface area contributed by atoms with Crippen LogP contribution >= 0.6 is 0 Å². The van der Waals surface area contributed by atoms with Crippen LogP contribution in [0.5, 0.6) is 11.5 Å². The van der Waals surface area contributed by atoms with Gasteiger partial charge in [0.25, 0.3) is 0 Å². The van der Waals surface area contributed by atoms with Crippen LogP contribution < -0.4 is 9.47 Å². The third kappa shape index (κ3) is 10.9. The number of carboxylic acid groups (broad SMARTS) is 1. The highest BCUT2D eigenvalue weighted by atomic mass is 16.5. The molecule has 0 heterocycles. The van der Waals surface area contributed by atoms with Crippen molar-refractivity contribution in [1.82, 2.24) is 0 Å². The molecular formula is C22H34O6. The van der Waals surface area contributed by atoms with E-state index in [-0.39, 0.29) is 24.7 Å². The van der Waals surface area contributed by atoms with Crippen molar-refractivity contribution in [2.24, 2.45) is 5.92 Å². The van der Waals surface area contributed by atoms with Gasteiger partial charge in [0, 0.05) is 18.4 Å². The van der Waals surface area contributed by atoms with E-state index in [1.54, 1.807) is 20.1 Å². The molecule has 1 aromatic rings. The van der Waals surface area contributed by atoms with Crippen LogP contribution in [0.1, 0.15) is 64.7 Å². The van der Waals surface area contributed by atoms with Crippen LogP contribution in [-0.2, 0) is 9.59 Å². The van der Waals surface area contributed by atoms with Crippen molar-refractivity contribution in [3.05, 3.63) is 24.3 Å². The van der Waals surface area contributed by atoms with E-state index in [1.807, 2.05) is 18.2 Å². The number of carbonyl (C=O) groups excluding carboxylic acids is 1. The van der Waals surface area contributed by atoms with Gasteiger partial charge in [-0.15, -0.1) is 0 Å². The highest BCUT2D eigenvalue weighted by Gasteiger charge is 2.15. The average Bonchev–Trinajstić information content (AvgIpc) is 2.67. The van der Waals surface area contributed by atoms with Crippen molar-refractivity contribution in [1.29, 1.82) is 0 Å². The molecule has 2 unspecified atom stereocenters. The van der Waals surface area contributed by atoms with E-state index >= 15 is 0 Å². The van der Waals surface area contributed by atoms with E-state index in [0.717, 1.165) is 38.5 Å². The van der Waals surface area contributed by atoms with Crippen molar-refractivity contribution >= 4 is 11.8 Å². The number of hydrogen-bond donors (Lipinski definition) is 2. The average molecular weight is 395 g/mol. The molecule has 0 saturated carbocycles. The van der Waals surface area contributed by atoms with Crippen LogP contribution in [0.3, 0.4) is 0 Å². The van der Waals surface area contributed by atoms with Crippen LogP contribution in [0.25, 0.3) is 0 Å². The Morgan fingerprint density at radius 2 is 1.68 bits per heavy atom. The van der Waals surface area contributed by atoms with Gasteiger partial charge in [0.05, 0.1) is 13.2 Å². The predicted octanol–water partition coefficient (Wildman–Crippen LogP) is 4.24. The number of methoxy groups -OCH3 is 1. The summed E-state index contributed by atoms with van der Waals surface area (Å²) in [6, 6.07) is 7.25. The van der Waals surface area contributed by atoms with Crippen LogP contribution in [0.2, 0.25) is 0 Å². The molecule has 0 aliphatic rings. The molecule has 158 valence electrons. The molecule has 0 aliphatic carbocycles. The SMILES string of the molecule is COc1cccc(OCC(O)CCCC(CCCCCCC(=O)O)C(C)=O)c1. The van der Waals surface area contributed by atoms with Gasteiger partial charge in [-0.2, -0.15) is 0 Å². The zero-order valence-corrected chi connectivity index (χ0v) is 17.1. The molecule has 0 fully saturated rings. The number of Topliss-reactive ketones (excluding diaryl/α,β-unsaturated/α-hetero) is 1. The summed E-state index contributed by atoms with van der Waals surface area (Å²) < 4.78 is 10.7. The van der Waals surface area contributed by atoms with Gasteiger partial charge in [0.1, 0.15) is 23.9 Å². The molecule has 2 N–H and O–H groups in total. The monoisotopic (exact) mass is 394 g/mol. The third-order valence-corrected chi connectivity index (χ3v) is 4.84. The fourth-order valence-electron chi connectivity index (χ4n) is 3.14. The molecule has 2 atom stereocenters. The zero-order chi connectivity index (χ0) is 20.8. The molecule has 0 spiro atoms. The van der Waals surface area contributed by atoms with Gasteiger partial charge in [-0.3, -0.25) is 9.59 Å². The van der Waals surface area contributed by atoms with E-state index < -0.39 is 12.1 Å². The minimum atomic E-state index is -0.754. The molecule has 0 saturated heterocycles. The van der Waals surface area contributed by atoms with E-state index in [2.05, 4.69) is 0 Å². The van der Waals surface area contributed by atoms with Crippen LogP contribution in [0.15, 0.2) is 24.3 Å². The maximum atomic E-state index is 11.8.